The predicted molar refractivity (Wildman–Crippen MR) is 76.8 cm³/mol. The fourth-order valence-electron chi connectivity index (χ4n) is 2.04. The Bertz CT molecular complexity index is 588. The second-order valence-electron chi connectivity index (χ2n) is 5.06. The van der Waals surface area contributed by atoms with Crippen molar-refractivity contribution in [3.63, 3.8) is 0 Å². The van der Waals surface area contributed by atoms with Crippen molar-refractivity contribution in [3.05, 3.63) is 24.0 Å². The molecular weight excluding hydrogens is 254 g/mol. The van der Waals surface area contributed by atoms with Crippen LogP contribution < -0.4 is 10.6 Å². The van der Waals surface area contributed by atoms with Gasteiger partial charge in [-0.2, -0.15) is 0 Å². The molecule has 0 saturated heterocycles. The van der Waals surface area contributed by atoms with Crippen LogP contribution in [0.2, 0.25) is 0 Å². The van der Waals surface area contributed by atoms with Gasteiger partial charge in [-0.1, -0.05) is 0 Å². The van der Waals surface area contributed by atoms with Gasteiger partial charge in [-0.05, 0) is 12.8 Å². The summed E-state index contributed by atoms with van der Waals surface area (Å²) in [7, 11) is 3.83. The van der Waals surface area contributed by atoms with Crippen LogP contribution in [0, 0.1) is 0 Å². The summed E-state index contributed by atoms with van der Waals surface area (Å²) in [6.45, 7) is 0.775. The first kappa shape index (κ1) is 12.8. The molecule has 1 saturated carbocycles. The van der Waals surface area contributed by atoms with Gasteiger partial charge in [-0.15, -0.1) is 10.2 Å². The van der Waals surface area contributed by atoms with E-state index in [1.54, 1.807) is 6.33 Å². The van der Waals surface area contributed by atoms with Gasteiger partial charge in [0.2, 0.25) is 0 Å². The number of aryl methyl sites for hydroxylation is 1. The third-order valence-electron chi connectivity index (χ3n) is 3.40. The van der Waals surface area contributed by atoms with Crippen molar-refractivity contribution >= 4 is 11.6 Å². The molecule has 0 atom stereocenters. The smallest absolute Gasteiger partial charge is 0.136 e. The van der Waals surface area contributed by atoms with E-state index in [-0.39, 0.29) is 0 Å². The van der Waals surface area contributed by atoms with Crippen LogP contribution in [0.1, 0.15) is 30.4 Å². The summed E-state index contributed by atoms with van der Waals surface area (Å²) in [5.74, 6) is 4.18. The van der Waals surface area contributed by atoms with Gasteiger partial charge in [0.15, 0.2) is 0 Å². The molecule has 0 aliphatic heterocycles. The van der Waals surface area contributed by atoms with Crippen LogP contribution in [0.25, 0.3) is 0 Å². The van der Waals surface area contributed by atoms with Gasteiger partial charge in [0.05, 0.1) is 0 Å². The Labute approximate surface area is 117 Å². The number of hydrogen-bond donors (Lipinski definition) is 2. The lowest BCUT2D eigenvalue weighted by Gasteiger charge is -2.09. The van der Waals surface area contributed by atoms with Crippen LogP contribution in [-0.2, 0) is 13.5 Å². The number of rotatable bonds is 6. The van der Waals surface area contributed by atoms with Crippen LogP contribution in [0.3, 0.4) is 0 Å². The van der Waals surface area contributed by atoms with Crippen molar-refractivity contribution in [2.45, 2.75) is 25.2 Å². The molecule has 0 aromatic carbocycles. The van der Waals surface area contributed by atoms with Crippen LogP contribution in [-0.4, -0.2) is 38.3 Å². The Morgan fingerprint density at radius 3 is 2.75 bits per heavy atom. The van der Waals surface area contributed by atoms with Gasteiger partial charge in [0.1, 0.15) is 29.6 Å². The Hall–Kier alpha value is -2.18. The third kappa shape index (κ3) is 2.87. The summed E-state index contributed by atoms with van der Waals surface area (Å²) >= 11 is 0. The summed E-state index contributed by atoms with van der Waals surface area (Å²) in [6.07, 6.45) is 4.93. The molecular formula is C13H19N7. The van der Waals surface area contributed by atoms with Crippen molar-refractivity contribution in [2.24, 2.45) is 7.05 Å². The standard InChI is InChI=1S/C13H19N7/c1-14-10-7-11(18-13(17-10)9-3-4-9)15-6-5-12-19-16-8-20(12)2/h7-9H,3-6H2,1-2H3,(H2,14,15,17,18). The van der Waals surface area contributed by atoms with E-state index in [4.69, 9.17) is 0 Å². The minimum atomic E-state index is 0.544. The third-order valence-corrected chi connectivity index (χ3v) is 3.40. The molecule has 0 spiro atoms. The maximum atomic E-state index is 4.58. The minimum absolute atomic E-state index is 0.544. The summed E-state index contributed by atoms with van der Waals surface area (Å²) in [4.78, 5) is 9.08. The molecule has 2 aromatic heterocycles. The highest BCUT2D eigenvalue weighted by Gasteiger charge is 2.27. The van der Waals surface area contributed by atoms with Crippen LogP contribution >= 0.6 is 0 Å². The molecule has 1 fully saturated rings. The largest absolute Gasteiger partial charge is 0.373 e. The van der Waals surface area contributed by atoms with Crippen molar-refractivity contribution in [2.75, 3.05) is 24.2 Å². The predicted octanol–water partition coefficient (Wildman–Crippen LogP) is 1.18. The van der Waals surface area contributed by atoms with Crippen LogP contribution in [0.4, 0.5) is 11.6 Å². The second-order valence-corrected chi connectivity index (χ2v) is 5.06. The zero-order valence-corrected chi connectivity index (χ0v) is 11.8. The summed E-state index contributed by atoms with van der Waals surface area (Å²) in [5, 5.41) is 14.4. The van der Waals surface area contributed by atoms with E-state index in [1.165, 1.54) is 12.8 Å². The maximum absolute atomic E-state index is 4.58. The van der Waals surface area contributed by atoms with Crippen molar-refractivity contribution in [1.29, 1.82) is 0 Å². The minimum Gasteiger partial charge on any atom is -0.373 e. The van der Waals surface area contributed by atoms with Crippen molar-refractivity contribution < 1.29 is 0 Å². The molecule has 2 heterocycles. The molecule has 7 heteroatoms. The van der Waals surface area contributed by atoms with Crippen LogP contribution in [0.15, 0.2) is 12.4 Å². The molecule has 7 nitrogen and oxygen atoms in total. The highest BCUT2D eigenvalue weighted by molar-refractivity contribution is 5.47. The molecule has 1 aliphatic carbocycles. The van der Waals surface area contributed by atoms with Crippen LogP contribution in [0.5, 0.6) is 0 Å². The molecule has 106 valence electrons. The summed E-state index contributed by atoms with van der Waals surface area (Å²) < 4.78 is 1.93. The molecule has 0 radical (unpaired) electrons. The number of aromatic nitrogens is 5. The topological polar surface area (TPSA) is 80.5 Å². The zero-order chi connectivity index (χ0) is 13.9. The maximum Gasteiger partial charge on any atom is 0.136 e. The van der Waals surface area contributed by atoms with E-state index < -0.39 is 0 Å². The monoisotopic (exact) mass is 273 g/mol. The normalized spacial score (nSPS) is 14.3. The quantitative estimate of drug-likeness (QED) is 0.822. The average molecular weight is 273 g/mol. The fraction of sp³-hybridized carbons (Fsp3) is 0.538. The van der Waals surface area contributed by atoms with Gasteiger partial charge in [0.25, 0.3) is 0 Å². The van der Waals surface area contributed by atoms with E-state index in [0.717, 1.165) is 36.3 Å². The van der Waals surface area contributed by atoms with E-state index in [9.17, 15) is 0 Å². The van der Waals surface area contributed by atoms with E-state index in [0.29, 0.717) is 5.92 Å². The fourth-order valence-corrected chi connectivity index (χ4v) is 2.04. The second kappa shape index (κ2) is 5.44. The van der Waals surface area contributed by atoms with Gasteiger partial charge in [0, 0.05) is 39.0 Å². The Kier molecular flexibility index (Phi) is 3.49. The number of hydrogen-bond acceptors (Lipinski definition) is 6. The Balaban J connectivity index is 1.64. The molecule has 3 rings (SSSR count). The summed E-state index contributed by atoms with van der Waals surface area (Å²) in [6, 6.07) is 1.93. The lowest BCUT2D eigenvalue weighted by Crippen LogP contribution is -2.11. The molecule has 2 aromatic rings. The van der Waals surface area contributed by atoms with Crippen molar-refractivity contribution in [1.82, 2.24) is 24.7 Å². The first-order chi connectivity index (χ1) is 9.76. The number of nitrogens with one attached hydrogen (secondary N) is 2. The Morgan fingerprint density at radius 2 is 2.10 bits per heavy atom. The SMILES string of the molecule is CNc1cc(NCCc2nncn2C)nc(C2CC2)n1. The molecule has 0 amide bonds. The first-order valence-electron chi connectivity index (χ1n) is 6.89. The number of nitrogens with zero attached hydrogens (tertiary/aromatic N) is 5. The van der Waals surface area contributed by atoms with Gasteiger partial charge >= 0.3 is 0 Å². The average Bonchev–Trinajstić information content (AvgIpc) is 3.23. The molecule has 0 bridgehead atoms. The first-order valence-corrected chi connectivity index (χ1v) is 6.89. The Morgan fingerprint density at radius 1 is 1.30 bits per heavy atom. The lowest BCUT2D eigenvalue weighted by molar-refractivity contribution is 0.786. The molecule has 1 aliphatic rings. The molecule has 2 N–H and O–H groups in total. The van der Waals surface area contributed by atoms with E-state index >= 15 is 0 Å². The van der Waals surface area contributed by atoms with Gasteiger partial charge in [-0.3, -0.25) is 0 Å². The highest BCUT2D eigenvalue weighted by Crippen LogP contribution is 2.38. The van der Waals surface area contributed by atoms with Gasteiger partial charge < -0.3 is 15.2 Å². The van der Waals surface area contributed by atoms with E-state index in [1.807, 2.05) is 24.7 Å². The van der Waals surface area contributed by atoms with E-state index in [2.05, 4.69) is 30.8 Å². The molecule has 0 unspecified atom stereocenters. The molecule has 20 heavy (non-hydrogen) atoms. The van der Waals surface area contributed by atoms with Gasteiger partial charge in [-0.25, -0.2) is 9.97 Å². The zero-order valence-electron chi connectivity index (χ0n) is 11.8. The lowest BCUT2D eigenvalue weighted by atomic mass is 10.3. The number of anilines is 2. The van der Waals surface area contributed by atoms with Crippen molar-refractivity contribution in [3.8, 4) is 0 Å². The highest BCUT2D eigenvalue weighted by atomic mass is 15.2. The summed E-state index contributed by atoms with van der Waals surface area (Å²) in [5.41, 5.74) is 0.